The molecule has 26 heavy (non-hydrogen) atoms. The van der Waals surface area contributed by atoms with E-state index in [-0.39, 0.29) is 5.54 Å². The van der Waals surface area contributed by atoms with Gasteiger partial charge in [0.25, 0.3) is 0 Å². The number of fused-ring (bicyclic) bond motifs is 1. The van der Waals surface area contributed by atoms with Crippen molar-refractivity contribution in [2.24, 2.45) is 4.99 Å². The number of hydrogen-bond donors (Lipinski definition) is 0. The highest BCUT2D eigenvalue weighted by Gasteiger charge is 2.36. The van der Waals surface area contributed by atoms with E-state index in [1.807, 2.05) is 18.3 Å². The van der Waals surface area contributed by atoms with Crippen molar-refractivity contribution in [1.29, 1.82) is 0 Å². The molecule has 3 heteroatoms. The lowest BCUT2D eigenvalue weighted by Gasteiger charge is -2.47. The third-order valence-electron chi connectivity index (χ3n) is 5.34. The van der Waals surface area contributed by atoms with Gasteiger partial charge in [0.15, 0.2) is 0 Å². The van der Waals surface area contributed by atoms with Gasteiger partial charge in [-0.25, -0.2) is 0 Å². The average Bonchev–Trinajstić information content (AvgIpc) is 2.58. The van der Waals surface area contributed by atoms with Gasteiger partial charge in [-0.3, -0.25) is 4.99 Å². The monoisotopic (exact) mass is 368 g/mol. The molecule has 0 amide bonds. The molecule has 3 rings (SSSR count). The normalized spacial score (nSPS) is 19.0. The second-order valence-electron chi connectivity index (χ2n) is 8.10. The first-order valence-electron chi connectivity index (χ1n) is 9.53. The smallest absolute Gasteiger partial charge is 0.0630 e. The summed E-state index contributed by atoms with van der Waals surface area (Å²) in [5, 5.41) is 0.769. The molecule has 0 bridgehead atoms. The fourth-order valence-corrected chi connectivity index (χ4v) is 4.25. The first-order chi connectivity index (χ1) is 12.3. The van der Waals surface area contributed by atoms with Crippen molar-refractivity contribution < 1.29 is 0 Å². The first-order valence-corrected chi connectivity index (χ1v) is 9.91. The van der Waals surface area contributed by atoms with Gasteiger partial charge in [0, 0.05) is 29.5 Å². The van der Waals surface area contributed by atoms with E-state index in [9.17, 15) is 0 Å². The third kappa shape index (κ3) is 3.81. The van der Waals surface area contributed by atoms with Gasteiger partial charge >= 0.3 is 0 Å². The van der Waals surface area contributed by atoms with Crippen LogP contribution in [0.15, 0.2) is 41.4 Å². The van der Waals surface area contributed by atoms with E-state index in [0.29, 0.717) is 5.92 Å². The number of benzene rings is 2. The zero-order valence-corrected chi connectivity index (χ0v) is 17.3. The molecule has 0 spiro atoms. The maximum atomic E-state index is 6.64. The van der Waals surface area contributed by atoms with Crippen molar-refractivity contribution in [2.75, 3.05) is 11.4 Å². The molecular formula is C23H29ClN2. The van der Waals surface area contributed by atoms with Crippen LogP contribution in [0.2, 0.25) is 5.02 Å². The number of halogens is 1. The average molecular weight is 369 g/mol. The van der Waals surface area contributed by atoms with E-state index in [2.05, 4.69) is 68.8 Å². The summed E-state index contributed by atoms with van der Waals surface area (Å²) in [5.74, 6) is 0.511. The fraction of sp³-hybridized carbons (Fsp3) is 0.435. The summed E-state index contributed by atoms with van der Waals surface area (Å²) in [6.45, 7) is 12.4. The zero-order chi connectivity index (χ0) is 18.9. The Morgan fingerprint density at radius 1 is 1.23 bits per heavy atom. The molecule has 0 saturated heterocycles. The molecule has 0 radical (unpaired) electrons. The largest absolute Gasteiger partial charge is 0.366 e. The molecule has 1 unspecified atom stereocenters. The summed E-state index contributed by atoms with van der Waals surface area (Å²) < 4.78 is 0. The predicted molar refractivity (Wildman–Crippen MR) is 115 cm³/mol. The molecule has 2 aromatic rings. The van der Waals surface area contributed by atoms with Gasteiger partial charge in [-0.1, -0.05) is 43.1 Å². The minimum absolute atomic E-state index is 0.156. The van der Waals surface area contributed by atoms with Gasteiger partial charge in [-0.05, 0) is 69.4 Å². The van der Waals surface area contributed by atoms with Crippen LogP contribution >= 0.6 is 11.6 Å². The molecule has 1 atom stereocenters. The van der Waals surface area contributed by atoms with Crippen LogP contribution in [0.25, 0.3) is 0 Å². The van der Waals surface area contributed by atoms with Crippen molar-refractivity contribution in [1.82, 2.24) is 0 Å². The van der Waals surface area contributed by atoms with Gasteiger partial charge < -0.3 is 4.90 Å². The number of anilines is 1. The Kier molecular flexibility index (Phi) is 5.43. The molecule has 1 aliphatic heterocycles. The lowest BCUT2D eigenvalue weighted by atomic mass is 9.79. The van der Waals surface area contributed by atoms with E-state index >= 15 is 0 Å². The molecule has 0 aliphatic carbocycles. The maximum absolute atomic E-state index is 6.64. The van der Waals surface area contributed by atoms with E-state index in [4.69, 9.17) is 11.6 Å². The van der Waals surface area contributed by atoms with Gasteiger partial charge in [-0.15, -0.1) is 0 Å². The zero-order valence-electron chi connectivity index (χ0n) is 16.5. The standard InChI is InChI=1S/C23H29ClN2/c1-6-11-26-22-13-21(24)18(12-20(22)17(3)14-23(26,4)5)15-25-19-9-7-16(2)8-10-19/h7-10,12-13,15,17H,6,11,14H2,1-5H3. The molecule has 2 nitrogen and oxygen atoms in total. The fourth-order valence-electron chi connectivity index (χ4n) is 4.04. The summed E-state index contributed by atoms with van der Waals surface area (Å²) in [4.78, 5) is 7.14. The second-order valence-corrected chi connectivity index (χ2v) is 8.50. The maximum Gasteiger partial charge on any atom is 0.0630 e. The summed E-state index contributed by atoms with van der Waals surface area (Å²) in [6, 6.07) is 12.6. The van der Waals surface area contributed by atoms with E-state index < -0.39 is 0 Å². The molecule has 0 fully saturated rings. The summed E-state index contributed by atoms with van der Waals surface area (Å²) >= 11 is 6.64. The van der Waals surface area contributed by atoms with Crippen LogP contribution in [0.4, 0.5) is 11.4 Å². The molecule has 1 heterocycles. The quantitative estimate of drug-likeness (QED) is 0.536. The van der Waals surface area contributed by atoms with Crippen molar-refractivity contribution in [3.05, 3.63) is 58.1 Å². The van der Waals surface area contributed by atoms with Gasteiger partial charge in [0.05, 0.1) is 10.7 Å². The first kappa shape index (κ1) is 19.0. The highest BCUT2D eigenvalue weighted by molar-refractivity contribution is 6.33. The molecular weight excluding hydrogens is 340 g/mol. The van der Waals surface area contributed by atoms with Crippen LogP contribution in [0.1, 0.15) is 63.1 Å². The number of nitrogens with zero attached hydrogens (tertiary/aromatic N) is 2. The molecule has 2 aromatic carbocycles. The van der Waals surface area contributed by atoms with Crippen molar-refractivity contribution in [2.45, 2.75) is 58.9 Å². The van der Waals surface area contributed by atoms with Crippen molar-refractivity contribution >= 4 is 29.2 Å². The van der Waals surface area contributed by atoms with E-state index in [1.165, 1.54) is 16.8 Å². The number of hydrogen-bond acceptors (Lipinski definition) is 2. The molecule has 0 saturated carbocycles. The van der Waals surface area contributed by atoms with Crippen LogP contribution in [0, 0.1) is 6.92 Å². The van der Waals surface area contributed by atoms with E-state index in [0.717, 1.165) is 35.7 Å². The highest BCUT2D eigenvalue weighted by atomic mass is 35.5. The summed E-state index contributed by atoms with van der Waals surface area (Å²) in [6.07, 6.45) is 4.17. The van der Waals surface area contributed by atoms with Crippen LogP contribution in [0.3, 0.4) is 0 Å². The Bertz CT molecular complexity index is 806. The minimum atomic E-state index is 0.156. The van der Waals surface area contributed by atoms with Crippen molar-refractivity contribution in [3.63, 3.8) is 0 Å². The summed E-state index contributed by atoms with van der Waals surface area (Å²) in [7, 11) is 0. The Hall–Kier alpha value is -1.80. The van der Waals surface area contributed by atoms with Crippen LogP contribution in [-0.2, 0) is 0 Å². The van der Waals surface area contributed by atoms with Gasteiger partial charge in [0.2, 0.25) is 0 Å². The number of aliphatic imine (C=N–C) groups is 1. The molecule has 1 aliphatic rings. The minimum Gasteiger partial charge on any atom is -0.366 e. The third-order valence-corrected chi connectivity index (χ3v) is 5.67. The van der Waals surface area contributed by atoms with Gasteiger partial charge in [-0.2, -0.15) is 0 Å². The Balaban J connectivity index is 1.98. The van der Waals surface area contributed by atoms with E-state index in [1.54, 1.807) is 0 Å². The van der Waals surface area contributed by atoms with Crippen LogP contribution in [-0.4, -0.2) is 18.3 Å². The molecule has 138 valence electrons. The SMILES string of the molecule is CCCN1c2cc(Cl)c(C=Nc3ccc(C)cc3)cc2C(C)CC1(C)C. The molecule has 0 aromatic heterocycles. The Morgan fingerprint density at radius 2 is 1.92 bits per heavy atom. The summed E-state index contributed by atoms with van der Waals surface area (Å²) in [5.41, 5.74) is 6.01. The Morgan fingerprint density at radius 3 is 2.58 bits per heavy atom. The van der Waals surface area contributed by atoms with Crippen molar-refractivity contribution in [3.8, 4) is 0 Å². The predicted octanol–water partition coefficient (Wildman–Crippen LogP) is 6.90. The lowest BCUT2D eigenvalue weighted by Crippen LogP contribution is -2.48. The Labute approximate surface area is 162 Å². The van der Waals surface area contributed by atoms with Gasteiger partial charge in [0.1, 0.15) is 0 Å². The number of aryl methyl sites for hydroxylation is 1. The van der Waals surface area contributed by atoms with Crippen LogP contribution in [0.5, 0.6) is 0 Å². The molecule has 0 N–H and O–H groups in total. The number of rotatable bonds is 4. The topological polar surface area (TPSA) is 15.6 Å². The van der Waals surface area contributed by atoms with Crippen LogP contribution < -0.4 is 4.90 Å². The second kappa shape index (κ2) is 7.44. The lowest BCUT2D eigenvalue weighted by molar-refractivity contribution is 0.376. The highest BCUT2D eigenvalue weighted by Crippen LogP contribution is 2.45.